The first-order valence-electron chi connectivity index (χ1n) is 20.6. The van der Waals surface area contributed by atoms with Crippen LogP contribution in [0.5, 0.6) is 5.75 Å². The Morgan fingerprint density at radius 3 is 2.28 bits per heavy atom. The van der Waals surface area contributed by atoms with E-state index in [1.165, 1.54) is 43.8 Å². The molecule has 4 bridgehead atoms. The SMILES string of the molecule is CCCCc1ccc(-c2ccc(C(=O)NCC(C)C(=O)NC(CCN)C(=O)N(C)C3C(=O)NC(C)C(=O)NC(C(=O)O)CC4=CCC(O)C(=C4)c4cc3ccc4O)cc2)cc1. The van der Waals surface area contributed by atoms with Crippen LogP contribution in [-0.2, 0) is 30.4 Å². The number of unbranched alkanes of at least 4 members (excludes halogenated alkanes) is 1. The summed E-state index contributed by atoms with van der Waals surface area (Å²) >= 11 is 0. The third-order valence-electron chi connectivity index (χ3n) is 11.1. The molecule has 0 fully saturated rings. The van der Waals surface area contributed by atoms with E-state index in [0.717, 1.165) is 35.3 Å². The second kappa shape index (κ2) is 20.8. The predicted octanol–water partition coefficient (Wildman–Crippen LogP) is 3.35. The number of phenolic OH excluding ortho intramolecular Hbond substituents is 1. The summed E-state index contributed by atoms with van der Waals surface area (Å²) in [6, 6.07) is 14.4. The quantitative estimate of drug-likeness (QED) is 0.118. The van der Waals surface area contributed by atoms with Gasteiger partial charge in [-0.3, -0.25) is 24.0 Å². The van der Waals surface area contributed by atoms with Crippen LogP contribution in [0.25, 0.3) is 16.7 Å². The average molecular weight is 837 g/mol. The van der Waals surface area contributed by atoms with Crippen LogP contribution in [-0.4, -0.2) is 100 Å². The fourth-order valence-electron chi connectivity index (χ4n) is 7.35. The molecule has 0 saturated heterocycles. The smallest absolute Gasteiger partial charge is 0.326 e. The Labute approximate surface area is 355 Å². The van der Waals surface area contributed by atoms with E-state index in [1.807, 2.05) is 12.1 Å². The number of nitrogens with two attached hydrogens (primary N) is 1. The van der Waals surface area contributed by atoms with Gasteiger partial charge in [-0.2, -0.15) is 0 Å². The molecule has 6 atom stereocenters. The largest absolute Gasteiger partial charge is 0.507 e. The van der Waals surface area contributed by atoms with Crippen molar-refractivity contribution in [3.8, 4) is 16.9 Å². The lowest BCUT2D eigenvalue weighted by Gasteiger charge is -2.33. The molecule has 6 unspecified atom stereocenters. The van der Waals surface area contributed by atoms with Crippen molar-refractivity contribution in [2.75, 3.05) is 20.1 Å². The van der Waals surface area contributed by atoms with Crippen molar-refractivity contribution in [2.24, 2.45) is 11.7 Å². The Kier molecular flexibility index (Phi) is 15.6. The van der Waals surface area contributed by atoms with Crippen LogP contribution < -0.4 is 27.0 Å². The minimum Gasteiger partial charge on any atom is -0.507 e. The summed E-state index contributed by atoms with van der Waals surface area (Å²) in [5, 5.41) is 42.3. The van der Waals surface area contributed by atoms with Gasteiger partial charge in [0.25, 0.3) is 5.91 Å². The zero-order valence-corrected chi connectivity index (χ0v) is 34.9. The summed E-state index contributed by atoms with van der Waals surface area (Å²) in [6.07, 6.45) is 5.33. The van der Waals surface area contributed by atoms with Gasteiger partial charge in [-0.1, -0.05) is 74.9 Å². The Morgan fingerprint density at radius 1 is 0.967 bits per heavy atom. The molecule has 15 nitrogen and oxygen atoms in total. The van der Waals surface area contributed by atoms with Gasteiger partial charge in [0, 0.05) is 31.1 Å². The number of aliphatic carboxylic acids is 1. The van der Waals surface area contributed by atoms with Gasteiger partial charge in [-0.15, -0.1) is 0 Å². The van der Waals surface area contributed by atoms with E-state index < -0.39 is 65.8 Å². The molecule has 0 spiro atoms. The number of hydrogen-bond donors (Lipinski definition) is 8. The number of aliphatic hydroxyl groups excluding tert-OH is 1. The maximum absolute atomic E-state index is 14.3. The Bertz CT molecular complexity index is 2170. The molecule has 61 heavy (non-hydrogen) atoms. The summed E-state index contributed by atoms with van der Waals surface area (Å²) < 4.78 is 0. The average Bonchev–Trinajstić information content (AvgIpc) is 3.25. The molecule has 15 heteroatoms. The number of amides is 5. The van der Waals surface area contributed by atoms with Crippen molar-refractivity contribution in [3.63, 3.8) is 0 Å². The van der Waals surface area contributed by atoms with Crippen LogP contribution in [0.15, 0.2) is 84.5 Å². The Hall–Kier alpha value is -6.32. The summed E-state index contributed by atoms with van der Waals surface area (Å²) in [4.78, 5) is 81.4. The monoisotopic (exact) mass is 836 g/mol. The number of phenols is 1. The summed E-state index contributed by atoms with van der Waals surface area (Å²) in [5.41, 5.74) is 10.7. The first-order valence-corrected chi connectivity index (χ1v) is 20.6. The van der Waals surface area contributed by atoms with Crippen molar-refractivity contribution in [2.45, 2.75) is 89.6 Å². The van der Waals surface area contributed by atoms with Crippen LogP contribution in [0.3, 0.4) is 0 Å². The lowest BCUT2D eigenvalue weighted by Crippen LogP contribution is -2.55. The van der Waals surface area contributed by atoms with E-state index in [4.69, 9.17) is 5.73 Å². The zero-order chi connectivity index (χ0) is 44.4. The summed E-state index contributed by atoms with van der Waals surface area (Å²) in [7, 11) is 1.34. The van der Waals surface area contributed by atoms with E-state index in [1.54, 1.807) is 25.1 Å². The number of benzene rings is 3. The summed E-state index contributed by atoms with van der Waals surface area (Å²) in [6.45, 7) is 5.06. The van der Waals surface area contributed by atoms with Crippen LogP contribution in [0.4, 0.5) is 0 Å². The molecular weight excluding hydrogens is 781 g/mol. The molecular formula is C46H56N6O9. The second-order valence-electron chi connectivity index (χ2n) is 15.7. The number of aromatic hydroxyl groups is 1. The van der Waals surface area contributed by atoms with Gasteiger partial charge in [-0.05, 0) is 96.8 Å². The van der Waals surface area contributed by atoms with Gasteiger partial charge >= 0.3 is 5.97 Å². The van der Waals surface area contributed by atoms with Crippen molar-refractivity contribution in [1.82, 2.24) is 26.2 Å². The molecule has 1 heterocycles. The van der Waals surface area contributed by atoms with Gasteiger partial charge in [-0.25, -0.2) is 4.79 Å². The van der Waals surface area contributed by atoms with Gasteiger partial charge in [0.15, 0.2) is 0 Å². The van der Waals surface area contributed by atoms with E-state index in [0.29, 0.717) is 11.1 Å². The maximum atomic E-state index is 14.3. The fourth-order valence-corrected chi connectivity index (χ4v) is 7.35. The van der Waals surface area contributed by atoms with Gasteiger partial charge in [0.05, 0.1) is 12.0 Å². The molecule has 1 aliphatic carbocycles. The van der Waals surface area contributed by atoms with E-state index in [2.05, 4.69) is 52.5 Å². The highest BCUT2D eigenvalue weighted by Crippen LogP contribution is 2.36. The second-order valence-corrected chi connectivity index (χ2v) is 15.7. The third-order valence-corrected chi connectivity index (χ3v) is 11.1. The van der Waals surface area contributed by atoms with E-state index >= 15 is 0 Å². The van der Waals surface area contributed by atoms with Crippen molar-refractivity contribution in [1.29, 1.82) is 0 Å². The highest BCUT2D eigenvalue weighted by molar-refractivity contribution is 5.97. The van der Waals surface area contributed by atoms with Crippen LogP contribution in [0.1, 0.15) is 86.0 Å². The number of carbonyl (C=O) groups excluding carboxylic acids is 5. The number of nitrogens with one attached hydrogen (secondary N) is 4. The number of hydrogen-bond acceptors (Lipinski definition) is 9. The number of carboxylic acids is 1. The van der Waals surface area contributed by atoms with Crippen molar-refractivity contribution >= 4 is 41.1 Å². The van der Waals surface area contributed by atoms with Crippen LogP contribution in [0.2, 0.25) is 0 Å². The number of rotatable bonds is 14. The highest BCUT2D eigenvalue weighted by Gasteiger charge is 2.36. The first kappa shape index (κ1) is 45.8. The van der Waals surface area contributed by atoms with Crippen molar-refractivity contribution in [3.05, 3.63) is 107 Å². The standard InChI is InChI=1S/C46H56N6O9/c1-5-6-7-28-8-11-30(12-9-28)31-13-15-32(16-14-31)43(57)48-25-26(2)41(55)50-36(20-21-47)45(59)52(4)40-33-17-19-39(54)35(24-33)34-22-29(10-18-38(34)53)23-37(46(60)61)51-42(56)27(3)49-44(40)58/h8-17,19,22,24,26-27,36-38,40,53-54H,5-7,18,20-21,23,25,47H2,1-4H3,(H,48,57)(H,49,58)(H,50,55)(H,51,56)(H,60,61). The number of nitrogens with zero attached hydrogens (tertiary/aromatic N) is 1. The number of allylic oxidation sites excluding steroid dienone is 1. The number of aryl methyl sites for hydroxylation is 1. The van der Waals surface area contributed by atoms with Gasteiger partial charge in [0.2, 0.25) is 23.6 Å². The Morgan fingerprint density at radius 2 is 1.64 bits per heavy atom. The molecule has 3 aromatic rings. The number of carbonyl (C=O) groups is 6. The fraction of sp³-hybridized carbons (Fsp3) is 0.391. The van der Waals surface area contributed by atoms with E-state index in [9.17, 15) is 44.1 Å². The molecule has 0 saturated carbocycles. The minimum atomic E-state index is -1.44. The predicted molar refractivity (Wildman–Crippen MR) is 230 cm³/mol. The first-order chi connectivity index (χ1) is 29.1. The third kappa shape index (κ3) is 11.5. The molecule has 0 radical (unpaired) electrons. The molecule has 2 aliphatic rings. The molecule has 5 rings (SSSR count). The van der Waals surface area contributed by atoms with E-state index in [-0.39, 0.29) is 60.7 Å². The van der Waals surface area contributed by atoms with Gasteiger partial charge in [0.1, 0.15) is 29.9 Å². The molecule has 3 aromatic carbocycles. The molecule has 324 valence electrons. The molecule has 5 amide bonds. The molecule has 0 aromatic heterocycles. The topological polar surface area (TPSA) is 240 Å². The van der Waals surface area contributed by atoms with Gasteiger partial charge < -0.3 is 47.2 Å². The Balaban J connectivity index is 1.31. The minimum absolute atomic E-state index is 0.0133. The van der Waals surface area contributed by atoms with Crippen molar-refractivity contribution < 1.29 is 44.1 Å². The number of likely N-dealkylation sites (N-methyl/N-ethyl adjacent to an activating group) is 1. The maximum Gasteiger partial charge on any atom is 0.326 e. The number of carboxylic acid groups (broad SMARTS) is 1. The molecule has 9 N–H and O–H groups in total. The summed E-state index contributed by atoms with van der Waals surface area (Å²) in [5.74, 6) is -5.58. The molecule has 1 aliphatic heterocycles. The number of fused-ring (bicyclic) bond motifs is 4. The lowest BCUT2D eigenvalue weighted by molar-refractivity contribution is -0.144. The number of aliphatic hydroxyl groups is 1. The normalized spacial score (nSPS) is 20.0. The van der Waals surface area contributed by atoms with Crippen LogP contribution in [0, 0.1) is 5.92 Å². The van der Waals surface area contributed by atoms with Crippen LogP contribution >= 0.6 is 0 Å². The highest BCUT2D eigenvalue weighted by atomic mass is 16.4. The zero-order valence-electron chi connectivity index (χ0n) is 34.9. The lowest BCUT2D eigenvalue weighted by atomic mass is 9.87.